The van der Waals surface area contributed by atoms with Gasteiger partial charge in [-0.25, -0.2) is 4.39 Å². The Balaban J connectivity index is 0.000000171. The van der Waals surface area contributed by atoms with E-state index in [0.717, 1.165) is 18.8 Å². The Bertz CT molecular complexity index is 334. The maximum atomic E-state index is 12.6. The highest BCUT2D eigenvalue weighted by molar-refractivity contribution is 5.21. The maximum Gasteiger partial charge on any atom is 0.154 e. The van der Waals surface area contributed by atoms with Gasteiger partial charge in [-0.2, -0.15) is 0 Å². The second kappa shape index (κ2) is 6.72. The van der Waals surface area contributed by atoms with E-state index < -0.39 is 0 Å². The summed E-state index contributed by atoms with van der Waals surface area (Å²) in [5.74, 6) is 0.459. The smallest absolute Gasteiger partial charge is 0.154 e. The zero-order valence-corrected chi connectivity index (χ0v) is 11.0. The Morgan fingerprint density at radius 2 is 1.71 bits per heavy atom. The molecule has 1 aromatic carbocycles. The van der Waals surface area contributed by atoms with E-state index in [1.807, 2.05) is 19.9 Å². The number of hydrogen-bond acceptors (Lipinski definition) is 2. The number of aryl methyl sites for hydroxylation is 2. The molecule has 0 spiro atoms. The Kier molecular flexibility index (Phi) is 5.59. The number of benzene rings is 1. The van der Waals surface area contributed by atoms with Gasteiger partial charge in [0, 0.05) is 5.92 Å². The molecular formula is C14H21FO2. The molecule has 1 heterocycles. The van der Waals surface area contributed by atoms with Crippen LogP contribution in [0.25, 0.3) is 0 Å². The van der Waals surface area contributed by atoms with Crippen LogP contribution in [0.4, 0.5) is 4.39 Å². The Morgan fingerprint density at radius 3 is 2.12 bits per heavy atom. The summed E-state index contributed by atoms with van der Waals surface area (Å²) in [6, 6.07) is 5.22. The van der Waals surface area contributed by atoms with E-state index in [2.05, 4.69) is 6.92 Å². The van der Waals surface area contributed by atoms with Crippen molar-refractivity contribution in [2.45, 2.75) is 34.0 Å². The van der Waals surface area contributed by atoms with Crippen LogP contribution in [0, 0.1) is 25.6 Å². The molecule has 0 radical (unpaired) electrons. The minimum atomic E-state index is -0.116. The molecule has 1 saturated heterocycles. The second-order valence-electron chi connectivity index (χ2n) is 4.59. The monoisotopic (exact) mass is 240 g/mol. The molecule has 1 aromatic rings. The molecule has 2 nitrogen and oxygen atoms in total. The molecule has 3 heteroatoms. The molecular weight excluding hydrogens is 219 g/mol. The normalized spacial score (nSPS) is 23.8. The van der Waals surface area contributed by atoms with Gasteiger partial charge in [-0.1, -0.05) is 19.1 Å². The van der Waals surface area contributed by atoms with Crippen molar-refractivity contribution in [3.05, 3.63) is 35.1 Å². The Hall–Kier alpha value is -0.930. The maximum absolute atomic E-state index is 12.6. The average Bonchev–Trinajstić information content (AvgIpc) is 2.29. The molecule has 0 unspecified atom stereocenters. The van der Waals surface area contributed by atoms with E-state index in [1.54, 1.807) is 13.0 Å². The van der Waals surface area contributed by atoms with Crippen LogP contribution in [-0.4, -0.2) is 19.5 Å². The van der Waals surface area contributed by atoms with Gasteiger partial charge < -0.3 is 9.47 Å². The summed E-state index contributed by atoms with van der Waals surface area (Å²) < 4.78 is 22.9. The third-order valence-corrected chi connectivity index (χ3v) is 2.56. The molecule has 0 saturated carbocycles. The summed E-state index contributed by atoms with van der Waals surface area (Å²) >= 11 is 0. The van der Waals surface area contributed by atoms with Crippen LogP contribution in [-0.2, 0) is 9.47 Å². The van der Waals surface area contributed by atoms with Gasteiger partial charge in [-0.05, 0) is 38.0 Å². The molecule has 0 aromatic heterocycles. The SMILES string of the molecule is CC1COC(C)OC1.Cc1ccc(C)c(F)c1. The van der Waals surface area contributed by atoms with Gasteiger partial charge in [0.05, 0.1) is 13.2 Å². The Morgan fingerprint density at radius 1 is 1.12 bits per heavy atom. The van der Waals surface area contributed by atoms with E-state index in [9.17, 15) is 4.39 Å². The van der Waals surface area contributed by atoms with Crippen LogP contribution in [0.5, 0.6) is 0 Å². The van der Waals surface area contributed by atoms with Crippen molar-refractivity contribution in [1.29, 1.82) is 0 Å². The lowest BCUT2D eigenvalue weighted by Crippen LogP contribution is -2.27. The first-order valence-corrected chi connectivity index (χ1v) is 5.95. The summed E-state index contributed by atoms with van der Waals surface area (Å²) in [5.41, 5.74) is 1.68. The predicted molar refractivity (Wildman–Crippen MR) is 66.4 cm³/mol. The fourth-order valence-electron chi connectivity index (χ4n) is 1.39. The van der Waals surface area contributed by atoms with Gasteiger partial charge in [0.2, 0.25) is 0 Å². The third-order valence-electron chi connectivity index (χ3n) is 2.56. The van der Waals surface area contributed by atoms with Crippen LogP contribution in [0.3, 0.4) is 0 Å². The lowest BCUT2D eigenvalue weighted by Gasteiger charge is -2.24. The van der Waals surface area contributed by atoms with Gasteiger partial charge in [0.1, 0.15) is 5.82 Å². The van der Waals surface area contributed by atoms with E-state index in [-0.39, 0.29) is 12.1 Å². The molecule has 0 bridgehead atoms. The average molecular weight is 240 g/mol. The van der Waals surface area contributed by atoms with Crippen molar-refractivity contribution in [2.75, 3.05) is 13.2 Å². The van der Waals surface area contributed by atoms with Crippen molar-refractivity contribution in [3.63, 3.8) is 0 Å². The van der Waals surface area contributed by atoms with Crippen molar-refractivity contribution < 1.29 is 13.9 Å². The first-order valence-electron chi connectivity index (χ1n) is 5.95. The molecule has 0 aliphatic carbocycles. The summed E-state index contributed by atoms with van der Waals surface area (Å²) in [7, 11) is 0. The van der Waals surface area contributed by atoms with E-state index >= 15 is 0 Å². The van der Waals surface area contributed by atoms with Crippen molar-refractivity contribution in [1.82, 2.24) is 0 Å². The van der Waals surface area contributed by atoms with Gasteiger partial charge in [0.15, 0.2) is 6.29 Å². The minimum absolute atomic E-state index is 0.0196. The first kappa shape index (κ1) is 14.1. The molecule has 1 fully saturated rings. The van der Waals surface area contributed by atoms with E-state index in [0.29, 0.717) is 11.5 Å². The molecule has 0 atom stereocenters. The summed E-state index contributed by atoms with van der Waals surface area (Å²) in [6.45, 7) is 9.37. The van der Waals surface area contributed by atoms with Crippen LogP contribution < -0.4 is 0 Å². The fourth-order valence-corrected chi connectivity index (χ4v) is 1.39. The van der Waals surface area contributed by atoms with E-state index in [4.69, 9.17) is 9.47 Å². The number of hydrogen-bond donors (Lipinski definition) is 0. The highest BCUT2D eigenvalue weighted by Crippen LogP contribution is 2.08. The minimum Gasteiger partial charge on any atom is -0.353 e. The second-order valence-corrected chi connectivity index (χ2v) is 4.59. The van der Waals surface area contributed by atoms with Crippen molar-refractivity contribution >= 4 is 0 Å². The van der Waals surface area contributed by atoms with Crippen LogP contribution in [0.15, 0.2) is 18.2 Å². The predicted octanol–water partition coefficient (Wildman–Crippen LogP) is 3.46. The van der Waals surface area contributed by atoms with Gasteiger partial charge >= 0.3 is 0 Å². The highest BCUT2D eigenvalue weighted by Gasteiger charge is 2.13. The summed E-state index contributed by atoms with van der Waals surface area (Å²) in [6.07, 6.45) is 0.0196. The third kappa shape index (κ3) is 5.29. The van der Waals surface area contributed by atoms with Gasteiger partial charge in [0.25, 0.3) is 0 Å². The van der Waals surface area contributed by atoms with Gasteiger partial charge in [-0.15, -0.1) is 0 Å². The number of halogens is 1. The molecule has 2 rings (SSSR count). The molecule has 0 N–H and O–H groups in total. The van der Waals surface area contributed by atoms with Crippen LogP contribution in [0.1, 0.15) is 25.0 Å². The highest BCUT2D eigenvalue weighted by atomic mass is 19.1. The quantitative estimate of drug-likeness (QED) is 0.691. The summed E-state index contributed by atoms with van der Waals surface area (Å²) in [5, 5.41) is 0. The standard InChI is InChI=1S/C8H9F.C6H12O2/c1-6-3-4-7(2)8(9)5-6;1-5-3-7-6(2)8-4-5/h3-5H,1-2H3;5-6H,3-4H2,1-2H3. The molecule has 1 aliphatic rings. The lowest BCUT2D eigenvalue weighted by atomic mass is 10.2. The molecule has 96 valence electrons. The largest absolute Gasteiger partial charge is 0.353 e. The van der Waals surface area contributed by atoms with Crippen molar-refractivity contribution in [2.24, 2.45) is 5.92 Å². The zero-order chi connectivity index (χ0) is 12.8. The summed E-state index contributed by atoms with van der Waals surface area (Å²) in [4.78, 5) is 0. The molecule has 1 aliphatic heterocycles. The zero-order valence-electron chi connectivity index (χ0n) is 11.0. The molecule has 0 amide bonds. The van der Waals surface area contributed by atoms with Crippen LogP contribution >= 0.6 is 0 Å². The number of rotatable bonds is 0. The molecule has 17 heavy (non-hydrogen) atoms. The van der Waals surface area contributed by atoms with Gasteiger partial charge in [-0.3, -0.25) is 0 Å². The lowest BCUT2D eigenvalue weighted by molar-refractivity contribution is -0.187. The van der Waals surface area contributed by atoms with E-state index in [1.165, 1.54) is 6.07 Å². The first-order chi connectivity index (χ1) is 7.99. The van der Waals surface area contributed by atoms with Crippen LogP contribution in [0.2, 0.25) is 0 Å². The topological polar surface area (TPSA) is 18.5 Å². The Labute approximate surface area is 103 Å². The fraction of sp³-hybridized carbons (Fsp3) is 0.571. The van der Waals surface area contributed by atoms with Crippen molar-refractivity contribution in [3.8, 4) is 0 Å². The number of ether oxygens (including phenoxy) is 2.